The molecular weight excluding hydrogens is 418 g/mol. The van der Waals surface area contributed by atoms with Crippen LogP contribution >= 0.6 is 12.2 Å². The number of rotatable bonds is 8. The van der Waals surface area contributed by atoms with Crippen LogP contribution in [0.25, 0.3) is 6.08 Å². The van der Waals surface area contributed by atoms with Crippen molar-refractivity contribution in [2.75, 3.05) is 26.3 Å². The van der Waals surface area contributed by atoms with Gasteiger partial charge in [-0.05, 0) is 48.8 Å². The topological polar surface area (TPSA) is 97.0 Å². The van der Waals surface area contributed by atoms with Crippen LogP contribution in [-0.4, -0.2) is 60.1 Å². The molecule has 0 saturated carbocycles. The first-order chi connectivity index (χ1) is 14.8. The van der Waals surface area contributed by atoms with Gasteiger partial charge in [-0.25, -0.2) is 0 Å². The number of carbonyl (C=O) groups is 3. The molecule has 0 spiro atoms. The molecule has 2 amide bonds. The number of amides is 2. The first kappa shape index (κ1) is 24.3. The molecule has 9 heteroatoms. The molecule has 1 fully saturated rings. The van der Waals surface area contributed by atoms with Gasteiger partial charge in [0.05, 0.1) is 19.6 Å². The van der Waals surface area contributed by atoms with E-state index in [0.717, 1.165) is 11.3 Å². The maximum Gasteiger partial charge on any atom is 0.308 e. The Morgan fingerprint density at radius 3 is 2.68 bits per heavy atom. The van der Waals surface area contributed by atoms with Crippen molar-refractivity contribution in [3.05, 3.63) is 35.9 Å². The van der Waals surface area contributed by atoms with Crippen LogP contribution in [0.15, 0.2) is 30.3 Å². The monoisotopic (exact) mass is 447 g/mol. The number of benzene rings is 1. The smallest absolute Gasteiger partial charge is 0.308 e. The van der Waals surface area contributed by atoms with Crippen molar-refractivity contribution in [3.63, 3.8) is 0 Å². The summed E-state index contributed by atoms with van der Waals surface area (Å²) >= 11 is 5.33. The van der Waals surface area contributed by atoms with Crippen LogP contribution in [-0.2, 0) is 19.1 Å². The van der Waals surface area contributed by atoms with Gasteiger partial charge >= 0.3 is 5.97 Å². The third-order valence-electron chi connectivity index (χ3n) is 4.38. The quantitative estimate of drug-likeness (QED) is 0.357. The normalized spacial score (nSPS) is 16.2. The first-order valence-electron chi connectivity index (χ1n) is 10.3. The van der Waals surface area contributed by atoms with Gasteiger partial charge in [0.2, 0.25) is 11.8 Å². The number of piperazine rings is 1. The van der Waals surface area contributed by atoms with Crippen LogP contribution in [0.3, 0.4) is 0 Å². The molecular formula is C22H29N3O5S. The molecule has 1 heterocycles. The highest BCUT2D eigenvalue weighted by Gasteiger charge is 2.34. The molecule has 1 atom stereocenters. The predicted octanol–water partition coefficient (Wildman–Crippen LogP) is 1.89. The zero-order valence-corrected chi connectivity index (χ0v) is 18.9. The molecule has 1 aromatic rings. The highest BCUT2D eigenvalue weighted by Crippen LogP contribution is 2.13. The second-order valence-electron chi connectivity index (χ2n) is 7.41. The van der Waals surface area contributed by atoms with Gasteiger partial charge in [-0.15, -0.1) is 0 Å². The van der Waals surface area contributed by atoms with Crippen LogP contribution in [0.4, 0.5) is 0 Å². The molecule has 0 radical (unpaired) electrons. The Hall–Kier alpha value is -2.94. The lowest BCUT2D eigenvalue weighted by Gasteiger charge is -2.36. The number of hydrogen-bond donors (Lipinski definition) is 2. The average molecular weight is 448 g/mol. The molecule has 8 nitrogen and oxygen atoms in total. The van der Waals surface area contributed by atoms with Gasteiger partial charge < -0.3 is 19.7 Å². The minimum Gasteiger partial charge on any atom is -0.494 e. The molecule has 31 heavy (non-hydrogen) atoms. The molecule has 2 rings (SSSR count). The Labute approximate surface area is 188 Å². The fourth-order valence-electron chi connectivity index (χ4n) is 2.87. The van der Waals surface area contributed by atoms with Crippen molar-refractivity contribution in [2.24, 2.45) is 5.92 Å². The summed E-state index contributed by atoms with van der Waals surface area (Å²) in [4.78, 5) is 38.2. The lowest BCUT2D eigenvalue weighted by Crippen LogP contribution is -2.60. The summed E-state index contributed by atoms with van der Waals surface area (Å²) in [7, 11) is 0. The first-order valence-corrected chi connectivity index (χ1v) is 10.7. The number of nitrogens with one attached hydrogen (secondary N) is 2. The van der Waals surface area contributed by atoms with E-state index in [4.69, 9.17) is 21.7 Å². The molecule has 1 aliphatic rings. The summed E-state index contributed by atoms with van der Waals surface area (Å²) < 4.78 is 10.6. The van der Waals surface area contributed by atoms with Crippen molar-refractivity contribution in [1.29, 1.82) is 0 Å². The summed E-state index contributed by atoms with van der Waals surface area (Å²) in [5.41, 5.74) is 0.827. The van der Waals surface area contributed by atoms with Gasteiger partial charge in [0.15, 0.2) is 5.11 Å². The molecule has 2 N–H and O–H groups in total. The number of nitrogens with zero attached hydrogens (tertiary/aromatic N) is 1. The van der Waals surface area contributed by atoms with Gasteiger partial charge in [-0.1, -0.05) is 26.0 Å². The molecule has 0 aliphatic carbocycles. The Kier molecular flexibility index (Phi) is 9.45. The molecule has 1 saturated heterocycles. The van der Waals surface area contributed by atoms with E-state index >= 15 is 0 Å². The van der Waals surface area contributed by atoms with Crippen molar-refractivity contribution in [2.45, 2.75) is 33.2 Å². The number of hydrogen-bond acceptors (Lipinski definition) is 6. The lowest BCUT2D eigenvalue weighted by molar-refractivity contribution is -0.148. The van der Waals surface area contributed by atoms with E-state index in [1.807, 2.05) is 45.0 Å². The molecule has 0 aromatic heterocycles. The van der Waals surface area contributed by atoms with Crippen LogP contribution in [0, 0.1) is 5.92 Å². The SMILES string of the molecule is CCOc1ccc(/C=C/C(=O)NC(=S)N2CCNC(=O)C2CC(=O)OCC(C)C)cc1. The van der Waals surface area contributed by atoms with E-state index in [0.29, 0.717) is 19.7 Å². The molecule has 1 unspecified atom stereocenters. The number of ether oxygens (including phenoxy) is 2. The molecule has 0 bridgehead atoms. The van der Waals surface area contributed by atoms with Crippen LogP contribution < -0.4 is 15.4 Å². The van der Waals surface area contributed by atoms with E-state index in [9.17, 15) is 14.4 Å². The van der Waals surface area contributed by atoms with Crippen molar-refractivity contribution in [1.82, 2.24) is 15.5 Å². The Morgan fingerprint density at radius 2 is 2.03 bits per heavy atom. The average Bonchev–Trinajstić information content (AvgIpc) is 2.73. The van der Waals surface area contributed by atoms with Crippen LogP contribution in [0.5, 0.6) is 5.75 Å². The van der Waals surface area contributed by atoms with Crippen LogP contribution in [0.2, 0.25) is 0 Å². The summed E-state index contributed by atoms with van der Waals surface area (Å²) in [6.07, 6.45) is 2.87. The van der Waals surface area contributed by atoms with E-state index in [1.165, 1.54) is 6.08 Å². The van der Waals surface area contributed by atoms with Crippen molar-refractivity contribution in [3.8, 4) is 5.75 Å². The second kappa shape index (κ2) is 12.0. The van der Waals surface area contributed by atoms with E-state index in [1.54, 1.807) is 11.0 Å². The van der Waals surface area contributed by atoms with Gasteiger partial charge in [0.25, 0.3) is 0 Å². The van der Waals surface area contributed by atoms with Gasteiger partial charge in [0.1, 0.15) is 11.8 Å². The zero-order chi connectivity index (χ0) is 22.8. The number of esters is 1. The predicted molar refractivity (Wildman–Crippen MR) is 121 cm³/mol. The van der Waals surface area contributed by atoms with E-state index in [-0.39, 0.29) is 30.0 Å². The third kappa shape index (κ3) is 8.01. The minimum absolute atomic E-state index is 0.0952. The number of carbonyl (C=O) groups excluding carboxylic acids is 3. The molecule has 168 valence electrons. The van der Waals surface area contributed by atoms with Crippen molar-refractivity contribution < 1.29 is 23.9 Å². The molecule has 1 aromatic carbocycles. The fraction of sp³-hybridized carbons (Fsp3) is 0.455. The van der Waals surface area contributed by atoms with Gasteiger partial charge in [0, 0.05) is 19.2 Å². The van der Waals surface area contributed by atoms with Gasteiger partial charge in [-0.3, -0.25) is 19.7 Å². The van der Waals surface area contributed by atoms with Crippen LogP contribution in [0.1, 0.15) is 32.8 Å². The summed E-state index contributed by atoms with van der Waals surface area (Å²) in [5, 5.41) is 5.41. The minimum atomic E-state index is -0.823. The summed E-state index contributed by atoms with van der Waals surface area (Å²) in [6.45, 7) is 7.39. The zero-order valence-electron chi connectivity index (χ0n) is 18.1. The number of thiocarbonyl (C=S) groups is 1. The summed E-state index contributed by atoms with van der Waals surface area (Å²) in [5.74, 6) is -0.278. The molecule has 1 aliphatic heterocycles. The Morgan fingerprint density at radius 1 is 1.32 bits per heavy atom. The van der Waals surface area contributed by atoms with Gasteiger partial charge in [-0.2, -0.15) is 0 Å². The third-order valence-corrected chi connectivity index (χ3v) is 4.71. The maximum atomic E-state index is 12.3. The highest BCUT2D eigenvalue weighted by molar-refractivity contribution is 7.80. The Bertz CT molecular complexity index is 823. The largest absolute Gasteiger partial charge is 0.494 e. The highest BCUT2D eigenvalue weighted by atomic mass is 32.1. The summed E-state index contributed by atoms with van der Waals surface area (Å²) in [6, 6.07) is 6.49. The van der Waals surface area contributed by atoms with E-state index in [2.05, 4.69) is 10.6 Å². The standard InChI is InChI=1S/C22H29N3O5S/c1-4-29-17-8-5-16(6-9-17)7-10-19(26)24-22(31)25-12-11-23-21(28)18(25)13-20(27)30-14-15(2)3/h5-10,15,18H,4,11-14H2,1-3H3,(H,23,28)(H,24,26,31)/b10-7+. The Balaban J connectivity index is 1.94. The van der Waals surface area contributed by atoms with E-state index < -0.39 is 17.9 Å². The van der Waals surface area contributed by atoms with Crippen molar-refractivity contribution >= 4 is 41.2 Å². The lowest BCUT2D eigenvalue weighted by atomic mass is 10.1. The maximum absolute atomic E-state index is 12.3. The fourth-order valence-corrected chi connectivity index (χ4v) is 3.19. The second-order valence-corrected chi connectivity index (χ2v) is 7.80.